The lowest BCUT2D eigenvalue weighted by atomic mass is 10.1. The fraction of sp³-hybridized carbons (Fsp3) is 0.167. The van der Waals surface area contributed by atoms with E-state index in [0.29, 0.717) is 34.1 Å². The van der Waals surface area contributed by atoms with Gasteiger partial charge in [-0.05, 0) is 37.3 Å². The number of amides is 1. The van der Waals surface area contributed by atoms with Crippen molar-refractivity contribution < 1.29 is 28.5 Å². The minimum Gasteiger partial charge on any atom is -0.489 e. The van der Waals surface area contributed by atoms with Crippen molar-refractivity contribution in [2.45, 2.75) is 19.6 Å². The number of para-hydroxylation sites is 1. The lowest BCUT2D eigenvalue weighted by molar-refractivity contribution is -0.123. The molecule has 1 aliphatic rings. The number of anilines is 1. The molecule has 31 heavy (non-hydrogen) atoms. The molecule has 0 aromatic heterocycles. The van der Waals surface area contributed by atoms with Gasteiger partial charge in [-0.25, -0.2) is 4.79 Å². The van der Waals surface area contributed by atoms with Crippen LogP contribution in [0.25, 0.3) is 0 Å². The number of benzene rings is 3. The molecule has 4 rings (SSSR count). The molecule has 0 aliphatic carbocycles. The molecule has 0 radical (unpaired) electrons. The van der Waals surface area contributed by atoms with Crippen LogP contribution in [0.2, 0.25) is 0 Å². The molecule has 3 aromatic rings. The number of ether oxygens (including phenoxy) is 4. The highest BCUT2D eigenvalue weighted by atomic mass is 16.7. The summed E-state index contributed by atoms with van der Waals surface area (Å²) < 4.78 is 21.7. The van der Waals surface area contributed by atoms with E-state index in [0.717, 1.165) is 0 Å². The van der Waals surface area contributed by atoms with Gasteiger partial charge in [0.05, 0.1) is 5.56 Å². The Bertz CT molecular complexity index is 1080. The maximum atomic E-state index is 12.7. The van der Waals surface area contributed by atoms with Crippen LogP contribution < -0.4 is 19.5 Å². The van der Waals surface area contributed by atoms with Gasteiger partial charge in [0, 0.05) is 17.3 Å². The first-order valence-corrected chi connectivity index (χ1v) is 9.77. The number of fused-ring (bicyclic) bond motifs is 1. The molecule has 0 saturated carbocycles. The Balaban J connectivity index is 1.37. The van der Waals surface area contributed by atoms with Crippen LogP contribution in [-0.2, 0) is 16.1 Å². The van der Waals surface area contributed by atoms with Gasteiger partial charge in [0.2, 0.25) is 6.79 Å². The summed E-state index contributed by atoms with van der Waals surface area (Å²) in [6.45, 7) is 1.87. The molecule has 158 valence electrons. The molecule has 0 bridgehead atoms. The Morgan fingerprint density at radius 1 is 0.968 bits per heavy atom. The minimum atomic E-state index is -0.999. The summed E-state index contributed by atoms with van der Waals surface area (Å²) in [6, 6.07) is 21.4. The number of carbonyl (C=O) groups is 2. The second kappa shape index (κ2) is 9.21. The zero-order valence-electron chi connectivity index (χ0n) is 16.9. The zero-order chi connectivity index (χ0) is 21.6. The van der Waals surface area contributed by atoms with E-state index >= 15 is 0 Å². The second-order valence-corrected chi connectivity index (χ2v) is 6.86. The maximum Gasteiger partial charge on any atom is 0.339 e. The van der Waals surface area contributed by atoms with Gasteiger partial charge in [-0.2, -0.15) is 0 Å². The van der Waals surface area contributed by atoms with Crippen molar-refractivity contribution in [3.63, 3.8) is 0 Å². The second-order valence-electron chi connectivity index (χ2n) is 6.86. The summed E-state index contributed by atoms with van der Waals surface area (Å²) >= 11 is 0. The summed E-state index contributed by atoms with van der Waals surface area (Å²) in [5, 5.41) is 2.71. The quantitative estimate of drug-likeness (QED) is 0.579. The van der Waals surface area contributed by atoms with Crippen LogP contribution in [0.5, 0.6) is 17.2 Å². The van der Waals surface area contributed by atoms with Gasteiger partial charge in [0.15, 0.2) is 17.6 Å². The van der Waals surface area contributed by atoms with Gasteiger partial charge >= 0.3 is 5.97 Å². The zero-order valence-corrected chi connectivity index (χ0v) is 16.9. The van der Waals surface area contributed by atoms with Crippen LogP contribution in [0.3, 0.4) is 0 Å². The fourth-order valence-electron chi connectivity index (χ4n) is 3.02. The van der Waals surface area contributed by atoms with Gasteiger partial charge in [0.1, 0.15) is 12.4 Å². The normalized spacial score (nSPS) is 12.7. The summed E-state index contributed by atoms with van der Waals surface area (Å²) in [7, 11) is 0. The summed E-state index contributed by atoms with van der Waals surface area (Å²) in [4.78, 5) is 25.2. The molecule has 1 N–H and O–H groups in total. The van der Waals surface area contributed by atoms with Crippen molar-refractivity contribution in [3.8, 4) is 17.2 Å². The summed E-state index contributed by atoms with van der Waals surface area (Å²) in [6.07, 6.45) is -0.999. The van der Waals surface area contributed by atoms with Crippen LogP contribution in [-0.4, -0.2) is 24.8 Å². The van der Waals surface area contributed by atoms with Crippen molar-refractivity contribution in [3.05, 3.63) is 83.9 Å². The Morgan fingerprint density at radius 2 is 1.71 bits per heavy atom. The fourth-order valence-corrected chi connectivity index (χ4v) is 3.02. The Labute approximate surface area is 179 Å². The average molecular weight is 419 g/mol. The van der Waals surface area contributed by atoms with Gasteiger partial charge in [-0.3, -0.25) is 4.79 Å². The van der Waals surface area contributed by atoms with E-state index in [4.69, 9.17) is 18.9 Å². The molecule has 1 heterocycles. The lowest BCUT2D eigenvalue weighted by Gasteiger charge is -2.15. The topological polar surface area (TPSA) is 83.1 Å². The molecule has 7 nitrogen and oxygen atoms in total. The summed E-state index contributed by atoms with van der Waals surface area (Å²) in [5.41, 5.74) is 1.54. The van der Waals surface area contributed by atoms with Crippen LogP contribution in [0.4, 0.5) is 5.69 Å². The predicted molar refractivity (Wildman–Crippen MR) is 113 cm³/mol. The van der Waals surface area contributed by atoms with E-state index in [1.54, 1.807) is 36.4 Å². The van der Waals surface area contributed by atoms with Crippen molar-refractivity contribution in [2.24, 2.45) is 0 Å². The number of esters is 1. The van der Waals surface area contributed by atoms with E-state index in [-0.39, 0.29) is 13.4 Å². The molecule has 0 unspecified atom stereocenters. The average Bonchev–Trinajstić information content (AvgIpc) is 3.26. The maximum absolute atomic E-state index is 12.7. The lowest BCUT2D eigenvalue weighted by Crippen LogP contribution is -2.30. The highest BCUT2D eigenvalue weighted by molar-refractivity contribution is 5.98. The molecule has 1 aliphatic heterocycles. The molecular formula is C24H21NO6. The number of hydrogen-bond donors (Lipinski definition) is 1. The van der Waals surface area contributed by atoms with E-state index in [9.17, 15) is 9.59 Å². The Kier molecular flexibility index (Phi) is 6.03. The van der Waals surface area contributed by atoms with Crippen LogP contribution in [0.15, 0.2) is 72.8 Å². The molecule has 0 spiro atoms. The first kappa shape index (κ1) is 20.3. The number of nitrogens with one attached hydrogen (secondary N) is 1. The molecule has 7 heteroatoms. The minimum absolute atomic E-state index is 0.147. The first-order chi connectivity index (χ1) is 15.1. The molecule has 0 fully saturated rings. The van der Waals surface area contributed by atoms with Gasteiger partial charge < -0.3 is 24.3 Å². The van der Waals surface area contributed by atoms with E-state index in [1.807, 2.05) is 36.4 Å². The van der Waals surface area contributed by atoms with E-state index in [1.165, 1.54) is 6.92 Å². The van der Waals surface area contributed by atoms with Gasteiger partial charge in [-0.15, -0.1) is 0 Å². The molecule has 1 amide bonds. The molecule has 1 atom stereocenters. The van der Waals surface area contributed by atoms with Gasteiger partial charge in [0.25, 0.3) is 5.91 Å². The third-order valence-corrected chi connectivity index (χ3v) is 4.67. The first-order valence-electron chi connectivity index (χ1n) is 9.77. The van der Waals surface area contributed by atoms with Gasteiger partial charge in [-0.1, -0.05) is 36.4 Å². The number of carbonyl (C=O) groups excluding carboxylic acids is 2. The monoisotopic (exact) mass is 419 g/mol. The van der Waals surface area contributed by atoms with Crippen molar-refractivity contribution in [1.82, 2.24) is 0 Å². The van der Waals surface area contributed by atoms with E-state index in [2.05, 4.69) is 5.32 Å². The van der Waals surface area contributed by atoms with Crippen LogP contribution in [0, 0.1) is 0 Å². The SMILES string of the molecule is C[C@@H](OC(=O)c1ccccc1COc1ccccc1)C(=O)Nc1ccc2c(c1)OCO2. The molecule has 0 saturated heterocycles. The highest BCUT2D eigenvalue weighted by Crippen LogP contribution is 2.34. The Hall–Kier alpha value is -4.00. The third-order valence-electron chi connectivity index (χ3n) is 4.67. The van der Waals surface area contributed by atoms with Crippen molar-refractivity contribution in [1.29, 1.82) is 0 Å². The number of hydrogen-bond acceptors (Lipinski definition) is 6. The third kappa shape index (κ3) is 4.95. The van der Waals surface area contributed by atoms with E-state index < -0.39 is 18.0 Å². The predicted octanol–water partition coefficient (Wildman–Crippen LogP) is 4.18. The molecular weight excluding hydrogens is 398 g/mol. The highest BCUT2D eigenvalue weighted by Gasteiger charge is 2.22. The molecule has 3 aromatic carbocycles. The Morgan fingerprint density at radius 3 is 2.55 bits per heavy atom. The van der Waals surface area contributed by atoms with Crippen LogP contribution in [0.1, 0.15) is 22.8 Å². The van der Waals surface area contributed by atoms with Crippen LogP contribution >= 0.6 is 0 Å². The smallest absolute Gasteiger partial charge is 0.339 e. The standard InChI is InChI=1S/C24H21NO6/c1-16(23(26)25-18-11-12-21-22(13-18)30-15-29-21)31-24(27)20-10-6-5-7-17(20)14-28-19-8-3-2-4-9-19/h2-13,16H,14-15H2,1H3,(H,25,26)/t16-/m1/s1. The largest absolute Gasteiger partial charge is 0.489 e. The van der Waals surface area contributed by atoms with Crippen molar-refractivity contribution in [2.75, 3.05) is 12.1 Å². The number of rotatable bonds is 7. The summed E-state index contributed by atoms with van der Waals surface area (Å²) in [5.74, 6) is 0.814. The van der Waals surface area contributed by atoms with Crippen molar-refractivity contribution >= 4 is 17.6 Å².